The van der Waals surface area contributed by atoms with E-state index >= 15 is 0 Å². The van der Waals surface area contributed by atoms with E-state index in [9.17, 15) is 14.3 Å². The van der Waals surface area contributed by atoms with Crippen LogP contribution in [0.1, 0.15) is 30.1 Å². The number of rotatable bonds is 7. The Morgan fingerprint density at radius 1 is 1.31 bits per heavy atom. The molecular weight excluding hydrogens is 355 g/mol. The summed E-state index contributed by atoms with van der Waals surface area (Å²) >= 11 is 6.16. The summed E-state index contributed by atoms with van der Waals surface area (Å²) < 4.78 is 13.0. The smallest absolute Gasteiger partial charge is 0.238 e. The Morgan fingerprint density at radius 3 is 2.62 bits per heavy atom. The molecule has 2 aromatic rings. The average Bonchev–Trinajstić information content (AvgIpc) is 3.42. The lowest BCUT2D eigenvalue weighted by Crippen LogP contribution is -2.37. The maximum absolute atomic E-state index is 13.0. The molecule has 0 heterocycles. The molecule has 0 aromatic heterocycles. The highest BCUT2D eigenvalue weighted by Gasteiger charge is 2.32. The van der Waals surface area contributed by atoms with Crippen LogP contribution in [0, 0.1) is 12.7 Å². The molecule has 0 spiro atoms. The second kappa shape index (κ2) is 8.16. The molecule has 1 fully saturated rings. The standard InChI is InChI=1S/C20H22ClFN2O2/c1-13-2-9-18(17(21)10-13)23-20(26)12-24(16-7-8-16)11-19(25)14-3-5-15(22)6-4-14/h2-6,9-10,16,19,25H,7-8,11-12H2,1H3,(H,23,26). The van der Waals surface area contributed by atoms with Gasteiger partial charge in [-0.3, -0.25) is 9.69 Å². The van der Waals surface area contributed by atoms with Gasteiger partial charge >= 0.3 is 0 Å². The molecule has 0 bridgehead atoms. The van der Waals surface area contributed by atoms with Crippen LogP contribution in [0.25, 0.3) is 0 Å². The molecule has 1 amide bonds. The first-order chi connectivity index (χ1) is 12.4. The molecule has 3 rings (SSSR count). The molecule has 1 saturated carbocycles. The zero-order valence-electron chi connectivity index (χ0n) is 14.6. The fourth-order valence-corrected chi connectivity index (χ4v) is 3.17. The lowest BCUT2D eigenvalue weighted by atomic mass is 10.1. The van der Waals surface area contributed by atoms with Gasteiger partial charge in [0, 0.05) is 12.6 Å². The molecule has 0 saturated heterocycles. The van der Waals surface area contributed by atoms with Gasteiger partial charge in [0.2, 0.25) is 5.91 Å². The van der Waals surface area contributed by atoms with Gasteiger partial charge < -0.3 is 10.4 Å². The van der Waals surface area contributed by atoms with Crippen LogP contribution in [0.3, 0.4) is 0 Å². The number of nitrogens with zero attached hydrogens (tertiary/aromatic N) is 1. The van der Waals surface area contributed by atoms with Crippen molar-refractivity contribution in [3.63, 3.8) is 0 Å². The van der Waals surface area contributed by atoms with Crippen LogP contribution in [0.4, 0.5) is 10.1 Å². The Hall–Kier alpha value is -1.95. The number of carbonyl (C=O) groups is 1. The largest absolute Gasteiger partial charge is 0.387 e. The van der Waals surface area contributed by atoms with Crippen LogP contribution in [0.2, 0.25) is 5.02 Å². The van der Waals surface area contributed by atoms with Crippen LogP contribution < -0.4 is 5.32 Å². The lowest BCUT2D eigenvalue weighted by molar-refractivity contribution is -0.117. The van der Waals surface area contributed by atoms with Gasteiger partial charge in [-0.25, -0.2) is 4.39 Å². The highest BCUT2D eigenvalue weighted by atomic mass is 35.5. The minimum absolute atomic E-state index is 0.172. The van der Waals surface area contributed by atoms with E-state index in [-0.39, 0.29) is 18.3 Å². The van der Waals surface area contributed by atoms with Crippen molar-refractivity contribution >= 4 is 23.2 Å². The highest BCUT2D eigenvalue weighted by Crippen LogP contribution is 2.29. The van der Waals surface area contributed by atoms with Crippen molar-refractivity contribution in [3.05, 3.63) is 64.4 Å². The third-order valence-electron chi connectivity index (χ3n) is 4.47. The lowest BCUT2D eigenvalue weighted by Gasteiger charge is -2.24. The molecule has 4 nitrogen and oxygen atoms in total. The summed E-state index contributed by atoms with van der Waals surface area (Å²) in [4.78, 5) is 14.4. The fourth-order valence-electron chi connectivity index (χ4n) is 2.89. The summed E-state index contributed by atoms with van der Waals surface area (Å²) in [7, 11) is 0. The molecule has 2 N–H and O–H groups in total. The second-order valence-corrected chi connectivity index (χ2v) is 7.17. The monoisotopic (exact) mass is 376 g/mol. The number of carbonyl (C=O) groups excluding carboxylic acids is 1. The topological polar surface area (TPSA) is 52.6 Å². The second-order valence-electron chi connectivity index (χ2n) is 6.76. The van der Waals surface area contributed by atoms with E-state index in [0.717, 1.165) is 18.4 Å². The summed E-state index contributed by atoms with van der Waals surface area (Å²) in [5.74, 6) is -0.511. The summed E-state index contributed by atoms with van der Waals surface area (Å²) in [6, 6.07) is 11.5. The van der Waals surface area contributed by atoms with Crippen LogP contribution >= 0.6 is 11.6 Å². The van der Waals surface area contributed by atoms with Gasteiger partial charge in [-0.05, 0) is 55.2 Å². The van der Waals surface area contributed by atoms with E-state index in [0.29, 0.717) is 28.9 Å². The van der Waals surface area contributed by atoms with Crippen molar-refractivity contribution < 1.29 is 14.3 Å². The number of halogens is 2. The average molecular weight is 377 g/mol. The quantitative estimate of drug-likeness (QED) is 0.770. The number of hydrogen-bond donors (Lipinski definition) is 2. The Balaban J connectivity index is 1.61. The van der Waals surface area contributed by atoms with Crippen molar-refractivity contribution in [1.82, 2.24) is 4.90 Å². The van der Waals surface area contributed by atoms with Crippen LogP contribution in [-0.2, 0) is 4.79 Å². The first-order valence-electron chi connectivity index (χ1n) is 8.66. The Labute approximate surface area is 157 Å². The number of hydrogen-bond acceptors (Lipinski definition) is 3. The maximum Gasteiger partial charge on any atom is 0.238 e. The van der Waals surface area contributed by atoms with Crippen molar-refractivity contribution in [3.8, 4) is 0 Å². The first-order valence-corrected chi connectivity index (χ1v) is 9.04. The third-order valence-corrected chi connectivity index (χ3v) is 4.78. The summed E-state index contributed by atoms with van der Waals surface area (Å²) in [5, 5.41) is 13.7. The molecule has 1 aliphatic rings. The molecule has 1 unspecified atom stereocenters. The van der Waals surface area contributed by atoms with Gasteiger partial charge in [-0.2, -0.15) is 0 Å². The molecular formula is C20H22ClFN2O2. The van der Waals surface area contributed by atoms with E-state index in [1.165, 1.54) is 12.1 Å². The van der Waals surface area contributed by atoms with E-state index in [2.05, 4.69) is 5.32 Å². The van der Waals surface area contributed by atoms with Crippen LogP contribution in [-0.4, -0.2) is 35.0 Å². The zero-order valence-corrected chi connectivity index (χ0v) is 15.3. The van der Waals surface area contributed by atoms with E-state index < -0.39 is 6.10 Å². The van der Waals surface area contributed by atoms with Crippen LogP contribution in [0.5, 0.6) is 0 Å². The minimum atomic E-state index is -0.771. The summed E-state index contributed by atoms with van der Waals surface area (Å²) in [6.07, 6.45) is 1.25. The van der Waals surface area contributed by atoms with Crippen LogP contribution in [0.15, 0.2) is 42.5 Å². The number of aryl methyl sites for hydroxylation is 1. The number of benzene rings is 2. The van der Waals surface area contributed by atoms with Crippen molar-refractivity contribution in [2.75, 3.05) is 18.4 Å². The molecule has 6 heteroatoms. The van der Waals surface area contributed by atoms with Gasteiger partial charge in [-0.15, -0.1) is 0 Å². The van der Waals surface area contributed by atoms with Gasteiger partial charge in [0.25, 0.3) is 0 Å². The Morgan fingerprint density at radius 2 is 2.00 bits per heavy atom. The molecule has 2 aromatic carbocycles. The summed E-state index contributed by atoms with van der Waals surface area (Å²) in [5.41, 5.74) is 2.24. The van der Waals surface area contributed by atoms with Crippen molar-refractivity contribution in [2.24, 2.45) is 0 Å². The Bertz CT molecular complexity index is 778. The number of nitrogens with one attached hydrogen (secondary N) is 1. The van der Waals surface area contributed by atoms with Gasteiger partial charge in [-0.1, -0.05) is 29.8 Å². The first kappa shape index (κ1) is 18.8. The van der Waals surface area contributed by atoms with Crippen molar-refractivity contribution in [1.29, 1.82) is 0 Å². The molecule has 138 valence electrons. The minimum Gasteiger partial charge on any atom is -0.387 e. The van der Waals surface area contributed by atoms with Gasteiger partial charge in [0.1, 0.15) is 5.82 Å². The number of aliphatic hydroxyl groups excluding tert-OH is 1. The summed E-state index contributed by atoms with van der Waals surface area (Å²) in [6.45, 7) is 2.43. The fraction of sp³-hybridized carbons (Fsp3) is 0.350. The predicted octanol–water partition coefficient (Wildman–Crippen LogP) is 3.92. The zero-order chi connectivity index (χ0) is 18.7. The molecule has 1 atom stereocenters. The predicted molar refractivity (Wildman–Crippen MR) is 101 cm³/mol. The maximum atomic E-state index is 13.0. The van der Waals surface area contributed by atoms with E-state index in [1.54, 1.807) is 24.3 Å². The van der Waals surface area contributed by atoms with Crippen molar-refractivity contribution in [2.45, 2.75) is 31.9 Å². The molecule has 0 radical (unpaired) electrons. The number of amides is 1. The molecule has 26 heavy (non-hydrogen) atoms. The molecule has 0 aliphatic heterocycles. The highest BCUT2D eigenvalue weighted by molar-refractivity contribution is 6.33. The SMILES string of the molecule is Cc1ccc(NC(=O)CN(CC(O)c2ccc(F)cc2)C2CC2)c(Cl)c1. The molecule has 1 aliphatic carbocycles. The van der Waals surface area contributed by atoms with Gasteiger partial charge in [0.05, 0.1) is 23.4 Å². The Kier molecular flexibility index (Phi) is 5.91. The third kappa shape index (κ3) is 5.04. The van der Waals surface area contributed by atoms with E-state index in [4.69, 9.17) is 11.6 Å². The number of anilines is 1. The number of aliphatic hydroxyl groups is 1. The van der Waals surface area contributed by atoms with E-state index in [1.807, 2.05) is 17.9 Å². The normalized spacial score (nSPS) is 15.1. The van der Waals surface area contributed by atoms with Gasteiger partial charge in [0.15, 0.2) is 0 Å².